The molecule has 2 aromatic rings. The van der Waals surface area contributed by atoms with Gasteiger partial charge in [-0.2, -0.15) is 0 Å². The molecule has 0 aliphatic carbocycles. The number of hydrogen-bond acceptors (Lipinski definition) is 5. The predicted octanol–water partition coefficient (Wildman–Crippen LogP) is 2.77. The zero-order valence-corrected chi connectivity index (χ0v) is 15.4. The summed E-state index contributed by atoms with van der Waals surface area (Å²) in [6.07, 6.45) is 0. The van der Waals surface area contributed by atoms with E-state index in [1.807, 2.05) is 0 Å². The third-order valence-electron chi connectivity index (χ3n) is 4.09. The number of carbonyl (C=O) groups excluding carboxylic acids is 2. The lowest BCUT2D eigenvalue weighted by Crippen LogP contribution is -2.54. The van der Waals surface area contributed by atoms with Crippen LogP contribution >= 0.6 is 11.6 Å². The van der Waals surface area contributed by atoms with Gasteiger partial charge in [-0.25, -0.2) is 4.98 Å². The lowest BCUT2D eigenvalue weighted by molar-refractivity contribution is -0.133. The monoisotopic (exact) mass is 374 g/mol. The van der Waals surface area contributed by atoms with Crippen molar-refractivity contribution in [1.29, 1.82) is 0 Å². The van der Waals surface area contributed by atoms with Crippen molar-refractivity contribution in [3.8, 4) is 5.75 Å². The van der Waals surface area contributed by atoms with Gasteiger partial charge in [0.25, 0.3) is 5.91 Å². The number of halogens is 1. The molecule has 1 aromatic carbocycles. The molecule has 7 nitrogen and oxygen atoms in total. The van der Waals surface area contributed by atoms with E-state index in [0.717, 1.165) is 5.56 Å². The predicted molar refractivity (Wildman–Crippen MR) is 101 cm³/mol. The number of nitrogen functional groups attached to an aromatic ring is 1. The maximum Gasteiger partial charge on any atom is 0.272 e. The molecule has 2 heterocycles. The highest BCUT2D eigenvalue weighted by atomic mass is 35.5. The van der Waals surface area contributed by atoms with Crippen molar-refractivity contribution in [3.05, 3.63) is 40.9 Å². The van der Waals surface area contributed by atoms with E-state index in [0.29, 0.717) is 16.5 Å². The van der Waals surface area contributed by atoms with Crippen LogP contribution in [0.5, 0.6) is 5.75 Å². The molecule has 0 fully saturated rings. The van der Waals surface area contributed by atoms with Gasteiger partial charge < -0.3 is 15.8 Å². The van der Waals surface area contributed by atoms with Crippen LogP contribution in [0, 0.1) is 6.92 Å². The highest BCUT2D eigenvalue weighted by Gasteiger charge is 2.42. The van der Waals surface area contributed by atoms with Gasteiger partial charge in [0.2, 0.25) is 5.91 Å². The van der Waals surface area contributed by atoms with Crippen LogP contribution in [0.15, 0.2) is 30.3 Å². The maximum absolute atomic E-state index is 12.7. The number of carbonyl (C=O) groups is 2. The topological polar surface area (TPSA) is 97.5 Å². The van der Waals surface area contributed by atoms with Gasteiger partial charge in [0.15, 0.2) is 17.2 Å². The third-order valence-corrected chi connectivity index (χ3v) is 4.49. The molecule has 1 aliphatic rings. The highest BCUT2D eigenvalue weighted by Crippen LogP contribution is 2.36. The average Bonchev–Trinajstić information content (AvgIpc) is 2.57. The van der Waals surface area contributed by atoms with Crippen molar-refractivity contribution in [2.45, 2.75) is 26.4 Å². The molecule has 136 valence electrons. The number of hydrogen-bond donors (Lipinski definition) is 2. The molecule has 0 saturated heterocycles. The van der Waals surface area contributed by atoms with Gasteiger partial charge in [-0.3, -0.25) is 14.5 Å². The Morgan fingerprint density at radius 1 is 1.35 bits per heavy atom. The van der Waals surface area contributed by atoms with Crippen LogP contribution in [0.4, 0.5) is 17.3 Å². The van der Waals surface area contributed by atoms with Crippen LogP contribution in [0.3, 0.4) is 0 Å². The van der Waals surface area contributed by atoms with Gasteiger partial charge in [0, 0.05) is 10.7 Å². The van der Waals surface area contributed by atoms with E-state index in [9.17, 15) is 9.59 Å². The molecule has 3 rings (SSSR count). The van der Waals surface area contributed by atoms with Crippen molar-refractivity contribution in [1.82, 2.24) is 4.98 Å². The summed E-state index contributed by atoms with van der Waals surface area (Å²) in [5.41, 5.74) is 5.95. The number of aromatic nitrogens is 1. The first kappa shape index (κ1) is 18.0. The summed E-state index contributed by atoms with van der Waals surface area (Å²) in [4.78, 5) is 30.7. The Labute approximate surface area is 156 Å². The first-order chi connectivity index (χ1) is 12.2. The quantitative estimate of drug-likeness (QED) is 0.860. The summed E-state index contributed by atoms with van der Waals surface area (Å²) in [6.45, 7) is 4.86. The Hall–Kier alpha value is -2.80. The molecule has 1 aromatic heterocycles. The summed E-state index contributed by atoms with van der Waals surface area (Å²) < 4.78 is 5.69. The number of anilines is 3. The number of ether oxygens (including phenoxy) is 1. The second-order valence-electron chi connectivity index (χ2n) is 6.52. The lowest BCUT2D eigenvalue weighted by atomic mass is 10.1. The minimum atomic E-state index is -1.11. The Morgan fingerprint density at radius 3 is 2.81 bits per heavy atom. The van der Waals surface area contributed by atoms with Gasteiger partial charge in [-0.1, -0.05) is 17.7 Å². The largest absolute Gasteiger partial charge is 0.474 e. The summed E-state index contributed by atoms with van der Waals surface area (Å²) in [5.74, 6) is 0.108. The Balaban J connectivity index is 1.88. The smallest absolute Gasteiger partial charge is 0.272 e. The summed E-state index contributed by atoms with van der Waals surface area (Å²) in [6, 6.07) is 8.44. The normalized spacial score (nSPS) is 15.2. The van der Waals surface area contributed by atoms with E-state index < -0.39 is 5.60 Å². The zero-order valence-electron chi connectivity index (χ0n) is 14.7. The van der Waals surface area contributed by atoms with Crippen molar-refractivity contribution in [2.24, 2.45) is 0 Å². The number of benzene rings is 1. The standard InChI is InChI=1S/C18H19ClN4O3/c1-10-11(19)5-4-6-12(10)21-15(24)9-23-16-13(7-8-14(20)22-16)26-18(2,3)17(23)25/h4-8H,9H2,1-3H3,(H2,20,22)(H,21,24). The van der Waals surface area contributed by atoms with Crippen LogP contribution in [0.2, 0.25) is 5.02 Å². The first-order valence-corrected chi connectivity index (χ1v) is 8.39. The molecule has 0 saturated carbocycles. The van der Waals surface area contributed by atoms with Crippen molar-refractivity contribution >= 4 is 40.7 Å². The van der Waals surface area contributed by atoms with Gasteiger partial charge in [0.05, 0.1) is 0 Å². The van der Waals surface area contributed by atoms with E-state index in [1.54, 1.807) is 51.1 Å². The maximum atomic E-state index is 12.7. The molecule has 0 unspecified atom stereocenters. The molecule has 0 spiro atoms. The molecule has 2 amide bonds. The van der Waals surface area contributed by atoms with Crippen molar-refractivity contribution < 1.29 is 14.3 Å². The van der Waals surface area contributed by atoms with Gasteiger partial charge in [-0.15, -0.1) is 0 Å². The fourth-order valence-corrected chi connectivity index (χ4v) is 2.86. The van der Waals surface area contributed by atoms with Gasteiger partial charge in [-0.05, 0) is 50.6 Å². The van der Waals surface area contributed by atoms with E-state index in [2.05, 4.69) is 10.3 Å². The van der Waals surface area contributed by atoms with Crippen LogP contribution in [0.25, 0.3) is 0 Å². The molecule has 8 heteroatoms. The average molecular weight is 375 g/mol. The summed E-state index contributed by atoms with van der Waals surface area (Å²) in [7, 11) is 0. The first-order valence-electron chi connectivity index (χ1n) is 8.01. The van der Waals surface area contributed by atoms with Crippen molar-refractivity contribution in [2.75, 3.05) is 22.5 Å². The number of pyridine rings is 1. The molecule has 3 N–H and O–H groups in total. The van der Waals surface area contributed by atoms with E-state index in [4.69, 9.17) is 22.1 Å². The van der Waals surface area contributed by atoms with E-state index >= 15 is 0 Å². The number of rotatable bonds is 3. The number of nitrogens with one attached hydrogen (secondary N) is 1. The van der Waals surface area contributed by atoms with Crippen LogP contribution < -0.4 is 20.7 Å². The molecule has 0 bridgehead atoms. The third kappa shape index (κ3) is 3.30. The number of amides is 2. The Morgan fingerprint density at radius 2 is 2.08 bits per heavy atom. The molecular weight excluding hydrogens is 356 g/mol. The van der Waals surface area contributed by atoms with Crippen LogP contribution in [0.1, 0.15) is 19.4 Å². The molecule has 1 aliphatic heterocycles. The zero-order chi connectivity index (χ0) is 19.1. The van der Waals surface area contributed by atoms with E-state index in [-0.39, 0.29) is 30.0 Å². The minimum Gasteiger partial charge on any atom is -0.474 e. The highest BCUT2D eigenvalue weighted by molar-refractivity contribution is 6.31. The number of nitrogens with zero attached hydrogens (tertiary/aromatic N) is 2. The Kier molecular flexibility index (Phi) is 4.50. The van der Waals surface area contributed by atoms with E-state index in [1.165, 1.54) is 4.90 Å². The summed E-state index contributed by atoms with van der Waals surface area (Å²) in [5, 5.41) is 3.32. The lowest BCUT2D eigenvalue weighted by Gasteiger charge is -2.37. The van der Waals surface area contributed by atoms with Crippen LogP contribution in [-0.2, 0) is 9.59 Å². The summed E-state index contributed by atoms with van der Waals surface area (Å²) >= 11 is 6.08. The Bertz CT molecular complexity index is 898. The van der Waals surface area contributed by atoms with Crippen molar-refractivity contribution in [3.63, 3.8) is 0 Å². The fourth-order valence-electron chi connectivity index (χ4n) is 2.69. The van der Waals surface area contributed by atoms with Gasteiger partial charge >= 0.3 is 0 Å². The fraction of sp³-hybridized carbons (Fsp3) is 0.278. The van der Waals surface area contributed by atoms with Gasteiger partial charge in [0.1, 0.15) is 12.4 Å². The molecule has 0 atom stereocenters. The second kappa shape index (κ2) is 6.49. The molecular formula is C18H19ClN4O3. The SMILES string of the molecule is Cc1c(Cl)cccc1NC(=O)CN1C(=O)C(C)(C)Oc2ccc(N)nc21. The number of nitrogens with two attached hydrogens (primary N) is 1. The molecule has 0 radical (unpaired) electrons. The van der Waals surface area contributed by atoms with Crippen LogP contribution in [-0.4, -0.2) is 28.9 Å². The molecule has 26 heavy (non-hydrogen) atoms. The second-order valence-corrected chi connectivity index (χ2v) is 6.93. The number of fused-ring (bicyclic) bond motifs is 1. The minimum absolute atomic E-state index is 0.221.